The molecule has 538 valence electrons. The van der Waals surface area contributed by atoms with E-state index in [-0.39, 0.29) is 0 Å². The van der Waals surface area contributed by atoms with Gasteiger partial charge in [0.15, 0.2) is 0 Å². The van der Waals surface area contributed by atoms with Crippen molar-refractivity contribution in [2.75, 3.05) is 0 Å². The molecule has 25 rings (SSSR count). The Morgan fingerprint density at radius 1 is 0.261 bits per heavy atom. The van der Waals surface area contributed by atoms with Crippen molar-refractivity contribution in [3.63, 3.8) is 0 Å². The first-order valence-electron chi connectivity index (χ1n) is 39.7. The molecule has 0 unspecified atom stereocenters. The fraction of sp³-hybridized carbons (Fsp3) is 0.0566. The van der Waals surface area contributed by atoms with Crippen LogP contribution in [0.3, 0.4) is 0 Å². The highest BCUT2D eigenvalue weighted by molar-refractivity contribution is 7.26. The molecule has 2 aliphatic rings. The Hall–Kier alpha value is -14.4. The van der Waals surface area contributed by atoms with Crippen LogP contribution in [0.15, 0.2) is 340 Å². The highest BCUT2D eigenvalue weighted by Crippen LogP contribution is 2.61. The van der Waals surface area contributed by atoms with Crippen molar-refractivity contribution in [2.24, 2.45) is 0 Å². The van der Waals surface area contributed by atoms with Gasteiger partial charge < -0.3 is 9.13 Å². The van der Waals surface area contributed by atoms with Gasteiger partial charge >= 0.3 is 0 Å². The quantitative estimate of drug-likeness (QED) is 0.152. The lowest BCUT2D eigenvalue weighted by atomic mass is 9.80. The molecule has 0 bridgehead atoms. The van der Waals surface area contributed by atoms with Crippen molar-refractivity contribution in [2.45, 2.75) is 38.5 Å². The fourth-order valence-corrected chi connectivity index (χ4v) is 21.9. The van der Waals surface area contributed by atoms with Gasteiger partial charge in [-0.05, 0) is 128 Å². The Kier molecular flexibility index (Phi) is 13.2. The molecule has 9 heteroatoms. The largest absolute Gasteiger partial charge is 0.309 e. The molecule has 0 spiro atoms. The van der Waals surface area contributed by atoms with Crippen LogP contribution in [-0.2, 0) is 10.8 Å². The molecular weight excluding hydrogens is 1420 g/mol. The van der Waals surface area contributed by atoms with Crippen molar-refractivity contribution in [3.8, 4) is 90.3 Å². The monoisotopic (exact) mass is 1480 g/mol. The van der Waals surface area contributed by atoms with E-state index in [9.17, 15) is 0 Å². The van der Waals surface area contributed by atoms with Gasteiger partial charge in [-0.2, -0.15) is 0 Å². The predicted octanol–water partition coefficient (Wildman–Crippen LogP) is 27.6. The van der Waals surface area contributed by atoms with Gasteiger partial charge in [0.2, 0.25) is 11.9 Å². The van der Waals surface area contributed by atoms with Gasteiger partial charge in [-0.25, -0.2) is 19.9 Å². The summed E-state index contributed by atoms with van der Waals surface area (Å²) in [5.74, 6) is 1.23. The van der Waals surface area contributed by atoms with Crippen molar-refractivity contribution in [1.82, 2.24) is 38.2 Å². The number of nitrogens with zero attached hydrogens (tertiary/aromatic N) is 8. The SMILES string of the molecule is CC1(C)c2ccccc2-c2c1c1c3ccccc3n(-c3nc(-c4ccccc4)c4ccccc4n3)c1c1c3ccccc3n(-c3ccc(-c4ccc5c6c7c(c8c(c9ccccc9n8-c8ccccc8)c6n(-c6nc(-c8cccc(-c9cccc%10c9sc9ccccc9%10)c8)c8ccccc8n6)c5c4)-c4ccccc4C7(C)C)cc3)c21. The van der Waals surface area contributed by atoms with E-state index in [1.807, 2.05) is 11.3 Å². The summed E-state index contributed by atoms with van der Waals surface area (Å²) in [6.07, 6.45) is 0. The van der Waals surface area contributed by atoms with Crippen molar-refractivity contribution < 1.29 is 0 Å². The van der Waals surface area contributed by atoms with Crippen LogP contribution in [0.4, 0.5) is 0 Å². The molecule has 115 heavy (non-hydrogen) atoms. The van der Waals surface area contributed by atoms with Crippen LogP contribution >= 0.6 is 11.3 Å². The van der Waals surface area contributed by atoms with Gasteiger partial charge in [0.1, 0.15) is 0 Å². The topological polar surface area (TPSA) is 71.3 Å². The predicted molar refractivity (Wildman–Crippen MR) is 480 cm³/mol. The first kappa shape index (κ1) is 64.3. The van der Waals surface area contributed by atoms with E-state index in [4.69, 9.17) is 19.9 Å². The first-order chi connectivity index (χ1) is 56.6. The molecule has 0 aliphatic heterocycles. The molecule has 0 saturated heterocycles. The smallest absolute Gasteiger partial charge is 0.235 e. The number of thiophene rings is 1. The van der Waals surface area contributed by atoms with Crippen LogP contribution in [-0.4, -0.2) is 38.2 Å². The number of para-hydroxylation sites is 6. The summed E-state index contributed by atoms with van der Waals surface area (Å²) in [5.41, 5.74) is 30.5. The lowest BCUT2D eigenvalue weighted by molar-refractivity contribution is 0.666. The number of hydrogen-bond acceptors (Lipinski definition) is 5. The molecule has 0 saturated carbocycles. The van der Waals surface area contributed by atoms with E-state index in [0.29, 0.717) is 11.9 Å². The molecule has 2 aliphatic carbocycles. The first-order valence-corrected chi connectivity index (χ1v) is 40.5. The minimum Gasteiger partial charge on any atom is -0.309 e. The van der Waals surface area contributed by atoms with E-state index in [1.54, 1.807) is 0 Å². The van der Waals surface area contributed by atoms with Gasteiger partial charge in [-0.15, -0.1) is 11.3 Å². The van der Waals surface area contributed by atoms with Crippen LogP contribution in [0, 0.1) is 0 Å². The minimum atomic E-state index is -0.430. The summed E-state index contributed by atoms with van der Waals surface area (Å²) in [6.45, 7) is 9.71. The zero-order valence-electron chi connectivity index (χ0n) is 63.3. The molecule has 7 heterocycles. The van der Waals surface area contributed by atoms with Crippen LogP contribution in [0.2, 0.25) is 0 Å². The maximum absolute atomic E-state index is 6.03. The van der Waals surface area contributed by atoms with Gasteiger partial charge in [-0.1, -0.05) is 295 Å². The third-order valence-corrected chi connectivity index (χ3v) is 26.7. The van der Waals surface area contributed by atoms with E-state index in [0.717, 1.165) is 138 Å². The molecule has 7 aromatic heterocycles. The lowest BCUT2D eigenvalue weighted by Gasteiger charge is -2.23. The summed E-state index contributed by atoms with van der Waals surface area (Å²) >= 11 is 1.86. The van der Waals surface area contributed by atoms with Gasteiger partial charge in [-0.3, -0.25) is 9.13 Å². The van der Waals surface area contributed by atoms with Crippen LogP contribution in [0.5, 0.6) is 0 Å². The van der Waals surface area contributed by atoms with E-state index in [1.165, 1.54) is 91.9 Å². The molecule has 0 atom stereocenters. The lowest BCUT2D eigenvalue weighted by Crippen LogP contribution is -2.15. The highest BCUT2D eigenvalue weighted by atomic mass is 32.1. The zero-order valence-corrected chi connectivity index (χ0v) is 64.1. The number of aromatic nitrogens is 8. The number of hydrogen-bond donors (Lipinski definition) is 0. The molecule has 23 aromatic rings. The molecule has 0 fully saturated rings. The van der Waals surface area contributed by atoms with E-state index in [2.05, 4.69) is 386 Å². The van der Waals surface area contributed by atoms with E-state index >= 15 is 0 Å². The summed E-state index contributed by atoms with van der Waals surface area (Å²) in [6, 6.07) is 125. The van der Waals surface area contributed by atoms with Gasteiger partial charge in [0.25, 0.3) is 0 Å². The number of rotatable bonds is 8. The van der Waals surface area contributed by atoms with Crippen molar-refractivity contribution in [3.05, 3.63) is 362 Å². The molecule has 16 aromatic carbocycles. The fourth-order valence-electron chi connectivity index (χ4n) is 20.6. The Morgan fingerprint density at radius 2 is 0.678 bits per heavy atom. The van der Waals surface area contributed by atoms with Crippen LogP contribution in [0.1, 0.15) is 49.9 Å². The Morgan fingerprint density at radius 3 is 1.28 bits per heavy atom. The Balaban J connectivity index is 0.753. The molecule has 0 radical (unpaired) electrons. The van der Waals surface area contributed by atoms with E-state index < -0.39 is 10.8 Å². The standard InChI is InChI=1S/C106H68N8S/c1-105(2)79-45-19-11-36-71(79)88-94(105)90-75-40-15-25-51-85(75)113(103-107-81-47-21-13-38-73(81)96(109-103)62-29-7-5-8-30-62)100(90)92-77-42-17-24-50-84(77)112(99(88)92)67-56-53-61(54-57-67)63-55-58-78-86(60-63)114(101-91(78)95-89(72-37-12-20-46-80(72)106(95,3)4)98-93(101)76-41-16-23-49-83(76)111(98)66-33-9-6-10-34-66)104-108-82-48-22-14-39-74(82)97(110-104)65-32-27-31-64(59-65)68-43-28-44-70-69-35-18-26-52-87(69)115-102(68)70/h5-60H,1-4H3. The zero-order chi connectivity index (χ0) is 75.8. The Bertz CT molecular complexity index is 8210. The molecule has 8 nitrogen and oxygen atoms in total. The third kappa shape index (κ3) is 8.79. The number of fused-ring (bicyclic) bond motifs is 29. The normalized spacial score (nSPS) is 13.5. The van der Waals surface area contributed by atoms with Crippen LogP contribution < -0.4 is 0 Å². The number of benzene rings is 16. The maximum Gasteiger partial charge on any atom is 0.235 e. The second kappa shape index (κ2) is 23.6. The molecule has 0 N–H and O–H groups in total. The second-order valence-electron chi connectivity index (χ2n) is 32.2. The van der Waals surface area contributed by atoms with Gasteiger partial charge in [0.05, 0.1) is 66.6 Å². The summed E-state index contributed by atoms with van der Waals surface area (Å²) in [5, 5.41) is 13.9. The minimum absolute atomic E-state index is 0.399. The maximum atomic E-state index is 6.03. The molecular formula is C106H68N8S. The highest BCUT2D eigenvalue weighted by Gasteiger charge is 2.44. The third-order valence-electron chi connectivity index (χ3n) is 25.5. The van der Waals surface area contributed by atoms with Crippen molar-refractivity contribution in [1.29, 1.82) is 0 Å². The van der Waals surface area contributed by atoms with Gasteiger partial charge in [0, 0.05) is 118 Å². The average Bonchev–Trinajstić information content (AvgIpc) is 1.50. The summed E-state index contributed by atoms with van der Waals surface area (Å²) in [4.78, 5) is 23.1. The molecule has 0 amide bonds. The summed E-state index contributed by atoms with van der Waals surface area (Å²) < 4.78 is 12.5. The van der Waals surface area contributed by atoms with Crippen LogP contribution in [0.25, 0.3) is 219 Å². The van der Waals surface area contributed by atoms with Crippen molar-refractivity contribution >= 4 is 141 Å². The Labute approximate surface area is 665 Å². The summed E-state index contributed by atoms with van der Waals surface area (Å²) in [7, 11) is 0. The second-order valence-corrected chi connectivity index (χ2v) is 33.3. The average molecular weight is 1490 g/mol.